The van der Waals surface area contributed by atoms with E-state index in [4.69, 9.17) is 27.6 Å². The minimum absolute atomic E-state index is 0.588. The predicted octanol–water partition coefficient (Wildman–Crippen LogP) is 4.19. The van der Waals surface area contributed by atoms with Crippen molar-refractivity contribution in [3.05, 3.63) is 40.3 Å². The first-order chi connectivity index (χ1) is 9.19. The molecule has 0 atom stereocenters. The molecule has 1 N–H and O–H groups in total. The van der Waals surface area contributed by atoms with Crippen molar-refractivity contribution in [2.45, 2.75) is 19.8 Å². The number of oxazole rings is 1. The van der Waals surface area contributed by atoms with Gasteiger partial charge in [0, 0.05) is 28.6 Å². The molecule has 0 aliphatic carbocycles. The molecule has 0 unspecified atom stereocenters. The van der Waals surface area contributed by atoms with E-state index >= 15 is 0 Å². The summed E-state index contributed by atoms with van der Waals surface area (Å²) in [5.41, 5.74) is 0.845. The molecule has 0 saturated carbocycles. The Bertz CT molecular complexity index is 520. The molecular formula is C14H16Cl2N2O. The summed E-state index contributed by atoms with van der Waals surface area (Å²) in [5, 5.41) is 4.48. The van der Waals surface area contributed by atoms with Gasteiger partial charge in [-0.2, -0.15) is 0 Å². The van der Waals surface area contributed by atoms with Crippen LogP contribution >= 0.6 is 23.2 Å². The van der Waals surface area contributed by atoms with Gasteiger partial charge in [0.25, 0.3) is 0 Å². The molecule has 5 heteroatoms. The third-order valence-corrected chi connectivity index (χ3v) is 3.08. The number of nitrogens with one attached hydrogen (secondary N) is 1. The first-order valence-corrected chi connectivity index (χ1v) is 7.06. The van der Waals surface area contributed by atoms with E-state index in [1.807, 2.05) is 12.1 Å². The zero-order valence-corrected chi connectivity index (χ0v) is 12.3. The normalized spacial score (nSPS) is 10.9. The Morgan fingerprint density at radius 3 is 2.58 bits per heavy atom. The van der Waals surface area contributed by atoms with E-state index in [1.54, 1.807) is 12.3 Å². The lowest BCUT2D eigenvalue weighted by atomic mass is 10.2. The highest BCUT2D eigenvalue weighted by Gasteiger charge is 2.08. The molecule has 1 aromatic heterocycles. The monoisotopic (exact) mass is 298 g/mol. The molecule has 0 radical (unpaired) electrons. The Morgan fingerprint density at radius 1 is 1.16 bits per heavy atom. The second-order valence-electron chi connectivity index (χ2n) is 4.28. The van der Waals surface area contributed by atoms with Crippen molar-refractivity contribution in [2.24, 2.45) is 0 Å². The zero-order chi connectivity index (χ0) is 13.7. The molecule has 2 rings (SSSR count). The molecule has 0 spiro atoms. The maximum absolute atomic E-state index is 5.97. The molecular weight excluding hydrogens is 283 g/mol. The van der Waals surface area contributed by atoms with Gasteiger partial charge < -0.3 is 9.73 Å². The molecule has 0 aliphatic heterocycles. The van der Waals surface area contributed by atoms with Crippen molar-refractivity contribution in [3.8, 4) is 11.3 Å². The van der Waals surface area contributed by atoms with Crippen LogP contribution in [0.2, 0.25) is 10.0 Å². The van der Waals surface area contributed by atoms with E-state index in [0.29, 0.717) is 15.8 Å². The van der Waals surface area contributed by atoms with Crippen molar-refractivity contribution in [2.75, 3.05) is 13.1 Å². The fourth-order valence-electron chi connectivity index (χ4n) is 1.75. The Morgan fingerprint density at radius 2 is 1.89 bits per heavy atom. The molecule has 0 fully saturated rings. The number of nitrogens with zero attached hydrogens (tertiary/aromatic N) is 1. The van der Waals surface area contributed by atoms with Crippen LogP contribution in [0.15, 0.2) is 28.8 Å². The molecule has 19 heavy (non-hydrogen) atoms. The summed E-state index contributed by atoms with van der Waals surface area (Å²) in [6.07, 6.45) is 3.60. The molecule has 1 aromatic carbocycles. The Kier molecular flexibility index (Phi) is 5.25. The van der Waals surface area contributed by atoms with Gasteiger partial charge in [0.05, 0.1) is 6.20 Å². The standard InChI is InChI=1S/C14H16Cl2N2O/c1-2-4-17-5-3-14-18-9-13(19-14)10-6-11(15)8-12(16)7-10/h6-9,17H,2-5H2,1H3. The molecule has 0 saturated heterocycles. The fraction of sp³-hybridized carbons (Fsp3) is 0.357. The number of halogens is 2. The molecule has 3 nitrogen and oxygen atoms in total. The molecule has 2 aromatic rings. The van der Waals surface area contributed by atoms with Gasteiger partial charge in [-0.15, -0.1) is 0 Å². The molecule has 0 amide bonds. The van der Waals surface area contributed by atoms with Gasteiger partial charge in [0.1, 0.15) is 0 Å². The van der Waals surface area contributed by atoms with Crippen molar-refractivity contribution < 1.29 is 4.42 Å². The second kappa shape index (κ2) is 6.94. The third kappa shape index (κ3) is 4.23. The highest BCUT2D eigenvalue weighted by Crippen LogP contribution is 2.27. The smallest absolute Gasteiger partial charge is 0.196 e. The van der Waals surface area contributed by atoms with Crippen LogP contribution in [-0.4, -0.2) is 18.1 Å². The quantitative estimate of drug-likeness (QED) is 0.813. The number of aromatic nitrogens is 1. The Labute approximate surface area is 122 Å². The average Bonchev–Trinajstić information content (AvgIpc) is 2.82. The van der Waals surface area contributed by atoms with Gasteiger partial charge in [-0.05, 0) is 31.2 Å². The van der Waals surface area contributed by atoms with Gasteiger partial charge in [-0.25, -0.2) is 4.98 Å². The van der Waals surface area contributed by atoms with Crippen molar-refractivity contribution in [1.82, 2.24) is 10.3 Å². The largest absolute Gasteiger partial charge is 0.441 e. The van der Waals surface area contributed by atoms with Crippen LogP contribution in [0.4, 0.5) is 0 Å². The van der Waals surface area contributed by atoms with Crippen LogP contribution in [0.3, 0.4) is 0 Å². The van der Waals surface area contributed by atoms with Crippen LogP contribution in [0.5, 0.6) is 0 Å². The molecule has 0 aliphatic rings. The summed E-state index contributed by atoms with van der Waals surface area (Å²) in [4.78, 5) is 4.26. The van der Waals surface area contributed by atoms with E-state index in [9.17, 15) is 0 Å². The third-order valence-electron chi connectivity index (χ3n) is 2.64. The molecule has 0 bridgehead atoms. The lowest BCUT2D eigenvalue weighted by molar-refractivity contribution is 0.495. The molecule has 102 valence electrons. The Balaban J connectivity index is 2.03. The summed E-state index contributed by atoms with van der Waals surface area (Å²) in [5.74, 6) is 1.41. The van der Waals surface area contributed by atoms with Crippen LogP contribution in [-0.2, 0) is 6.42 Å². The average molecular weight is 299 g/mol. The van der Waals surface area contributed by atoms with Gasteiger partial charge >= 0.3 is 0 Å². The SMILES string of the molecule is CCCNCCc1ncc(-c2cc(Cl)cc(Cl)c2)o1. The van der Waals surface area contributed by atoms with E-state index < -0.39 is 0 Å². The van der Waals surface area contributed by atoms with Crippen LogP contribution in [0.25, 0.3) is 11.3 Å². The van der Waals surface area contributed by atoms with E-state index in [2.05, 4.69) is 17.2 Å². The highest BCUT2D eigenvalue weighted by molar-refractivity contribution is 6.35. The van der Waals surface area contributed by atoms with Crippen LogP contribution < -0.4 is 5.32 Å². The summed E-state index contributed by atoms with van der Waals surface area (Å²) in [6, 6.07) is 5.32. The lowest BCUT2D eigenvalue weighted by Gasteiger charge is -2.00. The van der Waals surface area contributed by atoms with E-state index in [-0.39, 0.29) is 0 Å². The number of hydrogen-bond donors (Lipinski definition) is 1. The lowest BCUT2D eigenvalue weighted by Crippen LogP contribution is -2.17. The van der Waals surface area contributed by atoms with Gasteiger partial charge in [-0.1, -0.05) is 30.1 Å². The number of hydrogen-bond acceptors (Lipinski definition) is 3. The number of benzene rings is 1. The first kappa shape index (κ1) is 14.4. The molecule has 1 heterocycles. The Hall–Kier alpha value is -1.03. The number of rotatable bonds is 6. The van der Waals surface area contributed by atoms with Crippen molar-refractivity contribution in [3.63, 3.8) is 0 Å². The van der Waals surface area contributed by atoms with Crippen LogP contribution in [0.1, 0.15) is 19.2 Å². The van der Waals surface area contributed by atoms with Gasteiger partial charge in [0.2, 0.25) is 0 Å². The van der Waals surface area contributed by atoms with E-state index in [0.717, 1.165) is 37.4 Å². The maximum Gasteiger partial charge on any atom is 0.196 e. The second-order valence-corrected chi connectivity index (χ2v) is 5.15. The van der Waals surface area contributed by atoms with Crippen LogP contribution in [0, 0.1) is 0 Å². The van der Waals surface area contributed by atoms with E-state index in [1.165, 1.54) is 0 Å². The van der Waals surface area contributed by atoms with Crippen molar-refractivity contribution >= 4 is 23.2 Å². The minimum atomic E-state index is 0.588. The summed E-state index contributed by atoms with van der Waals surface area (Å²) in [6.45, 7) is 4.01. The fourth-order valence-corrected chi connectivity index (χ4v) is 2.28. The van der Waals surface area contributed by atoms with Gasteiger partial charge in [0.15, 0.2) is 11.7 Å². The zero-order valence-electron chi connectivity index (χ0n) is 10.7. The topological polar surface area (TPSA) is 38.1 Å². The summed E-state index contributed by atoms with van der Waals surface area (Å²) >= 11 is 11.9. The first-order valence-electron chi connectivity index (χ1n) is 6.31. The maximum atomic E-state index is 5.97. The summed E-state index contributed by atoms with van der Waals surface area (Å²) < 4.78 is 5.69. The minimum Gasteiger partial charge on any atom is -0.441 e. The van der Waals surface area contributed by atoms with Crippen molar-refractivity contribution in [1.29, 1.82) is 0 Å². The predicted molar refractivity (Wildman–Crippen MR) is 78.8 cm³/mol. The highest BCUT2D eigenvalue weighted by atomic mass is 35.5. The van der Waals surface area contributed by atoms with Gasteiger partial charge in [-0.3, -0.25) is 0 Å². The summed E-state index contributed by atoms with van der Waals surface area (Å²) in [7, 11) is 0.